The van der Waals surface area contributed by atoms with Crippen molar-refractivity contribution in [2.45, 2.75) is 6.54 Å². The lowest BCUT2D eigenvalue weighted by atomic mass is 10.2. The molecule has 1 aromatic carbocycles. The van der Waals surface area contributed by atoms with Crippen molar-refractivity contribution >= 4 is 23.0 Å². The Labute approximate surface area is 122 Å². The first-order chi connectivity index (χ1) is 9.75. The molecule has 0 spiro atoms. The van der Waals surface area contributed by atoms with E-state index in [4.69, 9.17) is 22.7 Å². The van der Waals surface area contributed by atoms with Crippen molar-refractivity contribution in [1.29, 1.82) is 0 Å². The minimum absolute atomic E-state index is 0.256. The van der Waals surface area contributed by atoms with E-state index in [9.17, 15) is 0 Å². The minimum Gasteiger partial charge on any atom is -0.491 e. The molecule has 2 N–H and O–H groups in total. The van der Waals surface area contributed by atoms with Crippen LogP contribution in [0.2, 0.25) is 0 Å². The second-order valence-corrected chi connectivity index (χ2v) is 4.91. The van der Waals surface area contributed by atoms with Crippen molar-refractivity contribution in [1.82, 2.24) is 9.97 Å². The zero-order chi connectivity index (χ0) is 13.9. The highest BCUT2D eigenvalue weighted by Crippen LogP contribution is 2.26. The largest absolute Gasteiger partial charge is 0.491 e. The highest BCUT2D eigenvalue weighted by Gasteiger charge is 2.20. The summed E-state index contributed by atoms with van der Waals surface area (Å²) in [6.07, 6.45) is 3.25. The number of aromatic nitrogens is 2. The smallest absolute Gasteiger partial charge is 0.158 e. The number of para-hydroxylation sites is 1. The monoisotopic (exact) mass is 286 g/mol. The molecular formula is C14H14N4OS. The maximum absolute atomic E-state index is 5.75. The van der Waals surface area contributed by atoms with Crippen molar-refractivity contribution < 1.29 is 4.74 Å². The number of nitrogens with two attached hydrogens (primary N) is 1. The Morgan fingerprint density at radius 2 is 2.05 bits per heavy atom. The van der Waals surface area contributed by atoms with Crippen molar-refractivity contribution in [2.75, 3.05) is 18.1 Å². The molecule has 0 aliphatic carbocycles. The summed E-state index contributed by atoms with van der Waals surface area (Å²) in [5.74, 6) is 1.62. The molecule has 2 heterocycles. The van der Waals surface area contributed by atoms with Crippen LogP contribution in [0.1, 0.15) is 11.3 Å². The number of thiocarbonyl (C=S) groups is 1. The Hall–Kier alpha value is -2.21. The molecule has 0 unspecified atom stereocenters. The van der Waals surface area contributed by atoms with Gasteiger partial charge in [0, 0.05) is 24.5 Å². The van der Waals surface area contributed by atoms with Gasteiger partial charge in [-0.15, -0.1) is 0 Å². The molecule has 0 fully saturated rings. The maximum Gasteiger partial charge on any atom is 0.158 e. The Morgan fingerprint density at radius 3 is 2.90 bits per heavy atom. The Kier molecular flexibility index (Phi) is 3.47. The van der Waals surface area contributed by atoms with E-state index < -0.39 is 0 Å². The molecule has 1 aromatic heterocycles. The van der Waals surface area contributed by atoms with E-state index in [2.05, 4.69) is 14.9 Å². The van der Waals surface area contributed by atoms with Crippen molar-refractivity contribution in [3.05, 3.63) is 47.9 Å². The molecule has 0 saturated heterocycles. The van der Waals surface area contributed by atoms with Gasteiger partial charge in [-0.25, -0.2) is 9.97 Å². The average Bonchev–Trinajstić information content (AvgIpc) is 2.69. The summed E-state index contributed by atoms with van der Waals surface area (Å²) in [5, 5.41) is 0. The van der Waals surface area contributed by atoms with Gasteiger partial charge in [0.1, 0.15) is 23.0 Å². The fraction of sp³-hybridized carbons (Fsp3) is 0.214. The van der Waals surface area contributed by atoms with E-state index in [0.717, 1.165) is 11.3 Å². The van der Waals surface area contributed by atoms with Gasteiger partial charge in [0.05, 0.1) is 6.54 Å². The molecule has 0 radical (unpaired) electrons. The zero-order valence-electron chi connectivity index (χ0n) is 10.8. The number of ether oxygens (including phenoxy) is 1. The second kappa shape index (κ2) is 5.42. The van der Waals surface area contributed by atoms with Gasteiger partial charge in [-0.05, 0) is 6.07 Å². The van der Waals surface area contributed by atoms with Crippen LogP contribution in [0, 0.1) is 0 Å². The van der Waals surface area contributed by atoms with E-state index in [1.54, 1.807) is 12.4 Å². The summed E-state index contributed by atoms with van der Waals surface area (Å²) in [6.45, 7) is 2.00. The highest BCUT2D eigenvalue weighted by atomic mass is 32.1. The maximum atomic E-state index is 5.75. The minimum atomic E-state index is 0.256. The fourth-order valence-corrected chi connectivity index (χ4v) is 2.39. The van der Waals surface area contributed by atoms with E-state index >= 15 is 0 Å². The lowest BCUT2D eigenvalue weighted by Gasteiger charge is -2.22. The number of hydrogen-bond donors (Lipinski definition) is 1. The van der Waals surface area contributed by atoms with Crippen LogP contribution in [-0.4, -0.2) is 28.1 Å². The van der Waals surface area contributed by atoms with Gasteiger partial charge in [0.15, 0.2) is 5.82 Å². The molecule has 6 heteroatoms. The van der Waals surface area contributed by atoms with Crippen LogP contribution >= 0.6 is 12.2 Å². The molecule has 0 bridgehead atoms. The Balaban J connectivity index is 1.98. The summed E-state index contributed by atoms with van der Waals surface area (Å²) in [7, 11) is 0. The van der Waals surface area contributed by atoms with Crippen LogP contribution in [0.25, 0.3) is 0 Å². The van der Waals surface area contributed by atoms with Gasteiger partial charge >= 0.3 is 0 Å². The molecule has 1 aliphatic heterocycles. The zero-order valence-corrected chi connectivity index (χ0v) is 11.6. The van der Waals surface area contributed by atoms with Gasteiger partial charge in [0.25, 0.3) is 0 Å². The number of nitrogens with zero attached hydrogens (tertiary/aromatic N) is 3. The molecular weight excluding hydrogens is 272 g/mol. The molecule has 5 nitrogen and oxygen atoms in total. The number of hydrogen-bond acceptors (Lipinski definition) is 5. The quantitative estimate of drug-likeness (QED) is 0.844. The topological polar surface area (TPSA) is 64.3 Å². The molecule has 3 rings (SSSR count). The van der Waals surface area contributed by atoms with E-state index in [1.165, 1.54) is 0 Å². The summed E-state index contributed by atoms with van der Waals surface area (Å²) in [5.41, 5.74) is 7.40. The molecule has 0 saturated carbocycles. The lowest BCUT2D eigenvalue weighted by Crippen LogP contribution is -2.29. The van der Waals surface area contributed by atoms with E-state index in [-0.39, 0.29) is 4.99 Å². The summed E-state index contributed by atoms with van der Waals surface area (Å²) in [4.78, 5) is 11.0. The number of anilines is 1. The summed E-state index contributed by atoms with van der Waals surface area (Å²) in [6, 6.07) is 7.99. The highest BCUT2D eigenvalue weighted by molar-refractivity contribution is 7.80. The molecule has 0 atom stereocenters. The Bertz CT molecular complexity index is 647. The second-order valence-electron chi connectivity index (χ2n) is 4.47. The number of fused-ring (bicyclic) bond motifs is 1. The first-order valence-electron chi connectivity index (χ1n) is 6.32. The fourth-order valence-electron chi connectivity index (χ4n) is 2.24. The third-order valence-corrected chi connectivity index (χ3v) is 3.36. The SMILES string of the molecule is NC(=S)c1nccnc1N1CCOc2ccccc2C1. The van der Waals surface area contributed by atoms with Crippen molar-refractivity contribution in [3.63, 3.8) is 0 Å². The summed E-state index contributed by atoms with van der Waals surface area (Å²) >= 11 is 5.05. The molecule has 2 aromatic rings. The van der Waals surface area contributed by atoms with Crippen LogP contribution in [0.5, 0.6) is 5.75 Å². The van der Waals surface area contributed by atoms with Crippen molar-refractivity contribution in [2.24, 2.45) is 5.73 Å². The first-order valence-corrected chi connectivity index (χ1v) is 6.73. The number of rotatable bonds is 2. The van der Waals surface area contributed by atoms with Crippen LogP contribution in [0.15, 0.2) is 36.7 Å². The molecule has 1 aliphatic rings. The third-order valence-electron chi connectivity index (χ3n) is 3.16. The molecule has 102 valence electrons. The lowest BCUT2D eigenvalue weighted by molar-refractivity contribution is 0.331. The van der Waals surface area contributed by atoms with Gasteiger partial charge < -0.3 is 15.4 Å². The van der Waals surface area contributed by atoms with Gasteiger partial charge in [-0.2, -0.15) is 0 Å². The molecule has 20 heavy (non-hydrogen) atoms. The van der Waals surface area contributed by atoms with Crippen LogP contribution < -0.4 is 15.4 Å². The average molecular weight is 286 g/mol. The van der Waals surface area contributed by atoms with Gasteiger partial charge in [-0.3, -0.25) is 0 Å². The van der Waals surface area contributed by atoms with Gasteiger partial charge in [0.2, 0.25) is 0 Å². The molecule has 0 amide bonds. The standard InChI is InChI=1S/C14H14N4OS/c15-13(20)12-14(17-6-5-16-12)18-7-8-19-11-4-2-1-3-10(11)9-18/h1-6H,7-9H2,(H2,15,20). The van der Waals surface area contributed by atoms with E-state index in [1.807, 2.05) is 24.3 Å². The number of benzene rings is 1. The third kappa shape index (κ3) is 2.42. The van der Waals surface area contributed by atoms with Crippen molar-refractivity contribution in [3.8, 4) is 5.75 Å². The van der Waals surface area contributed by atoms with Crippen LogP contribution in [0.4, 0.5) is 5.82 Å². The van der Waals surface area contributed by atoms with Crippen LogP contribution in [-0.2, 0) is 6.54 Å². The van der Waals surface area contributed by atoms with Crippen LogP contribution in [0.3, 0.4) is 0 Å². The van der Waals surface area contributed by atoms with E-state index in [0.29, 0.717) is 31.2 Å². The Morgan fingerprint density at radius 1 is 1.25 bits per heavy atom. The summed E-state index contributed by atoms with van der Waals surface area (Å²) < 4.78 is 5.75. The normalized spacial score (nSPS) is 14.1. The van der Waals surface area contributed by atoms with Gasteiger partial charge in [-0.1, -0.05) is 30.4 Å². The predicted octanol–water partition coefficient (Wildman–Crippen LogP) is 1.51. The first kappa shape index (κ1) is 12.8. The predicted molar refractivity (Wildman–Crippen MR) is 80.9 cm³/mol.